The molecule has 0 spiro atoms. The molecule has 1 heterocycles. The van der Waals surface area contributed by atoms with Crippen molar-refractivity contribution in [2.24, 2.45) is 11.8 Å². The van der Waals surface area contributed by atoms with Crippen LogP contribution < -0.4 is 0 Å². The lowest BCUT2D eigenvalue weighted by Gasteiger charge is -2.21. The van der Waals surface area contributed by atoms with Crippen molar-refractivity contribution in [1.82, 2.24) is 0 Å². The number of hydrogen-bond donors (Lipinski definition) is 0. The van der Waals surface area contributed by atoms with Gasteiger partial charge >= 0.3 is 0 Å². The van der Waals surface area contributed by atoms with Gasteiger partial charge in [-0.2, -0.15) is 0 Å². The lowest BCUT2D eigenvalue weighted by Crippen LogP contribution is -2.13. The van der Waals surface area contributed by atoms with E-state index in [2.05, 4.69) is 68.5 Å². The minimum atomic E-state index is 0.544. The van der Waals surface area contributed by atoms with Gasteiger partial charge in [0.2, 0.25) is 0 Å². The fourth-order valence-electron chi connectivity index (χ4n) is 3.45. The monoisotopic (exact) mass is 288 g/mol. The van der Waals surface area contributed by atoms with Crippen molar-refractivity contribution in [3.05, 3.63) is 71.8 Å². The maximum Gasteiger partial charge on any atom is 0.138 e. The van der Waals surface area contributed by atoms with E-state index in [-0.39, 0.29) is 0 Å². The van der Waals surface area contributed by atoms with Crippen LogP contribution in [0.25, 0.3) is 21.9 Å². The average molecular weight is 288 g/mol. The van der Waals surface area contributed by atoms with Crippen LogP contribution >= 0.6 is 0 Å². The largest absolute Gasteiger partial charge is 0.456 e. The number of aryl methyl sites for hydroxylation is 1. The molecular weight excluding hydrogens is 268 g/mol. The normalized spacial score (nSPS) is 21.0. The van der Waals surface area contributed by atoms with Crippen LogP contribution in [0.5, 0.6) is 0 Å². The second-order valence-electron chi connectivity index (χ2n) is 6.33. The molecule has 0 aliphatic heterocycles. The van der Waals surface area contributed by atoms with Crippen molar-refractivity contribution in [1.29, 1.82) is 0 Å². The van der Waals surface area contributed by atoms with E-state index < -0.39 is 0 Å². The summed E-state index contributed by atoms with van der Waals surface area (Å²) in [7, 11) is 0. The molecule has 110 valence electrons. The van der Waals surface area contributed by atoms with Crippen LogP contribution in [0.4, 0.5) is 0 Å². The highest BCUT2D eigenvalue weighted by Gasteiger charge is 2.19. The van der Waals surface area contributed by atoms with E-state index >= 15 is 0 Å². The Hall–Kier alpha value is -2.28. The van der Waals surface area contributed by atoms with Crippen LogP contribution in [-0.4, -0.2) is 0 Å². The molecule has 1 heteroatoms. The predicted molar refractivity (Wildman–Crippen MR) is 93.1 cm³/mol. The van der Waals surface area contributed by atoms with E-state index in [1.807, 2.05) is 6.07 Å². The molecule has 0 N–H and O–H groups in total. The molecule has 2 unspecified atom stereocenters. The lowest BCUT2D eigenvalue weighted by molar-refractivity contribution is 0.501. The first kappa shape index (κ1) is 13.4. The highest BCUT2D eigenvalue weighted by molar-refractivity contribution is 6.06. The number of benzene rings is 2. The standard InChI is InChI=1S/C21H20O/c1-14-7-3-4-8-16(14)13-19-15(2)11-12-18-17-9-5-6-10-20(17)22-21(18)19/h3-12,14,16H,13H2,1-2H3. The molecule has 1 aliphatic carbocycles. The highest BCUT2D eigenvalue weighted by atomic mass is 16.3. The molecule has 3 aromatic rings. The Labute approximate surface area is 130 Å². The molecule has 2 aromatic carbocycles. The Kier molecular flexibility index (Phi) is 3.15. The minimum absolute atomic E-state index is 0.544. The number of allylic oxidation sites excluding steroid dienone is 4. The second-order valence-corrected chi connectivity index (χ2v) is 6.33. The van der Waals surface area contributed by atoms with Crippen molar-refractivity contribution in [2.45, 2.75) is 20.3 Å². The van der Waals surface area contributed by atoms with Gasteiger partial charge in [0.1, 0.15) is 11.2 Å². The maximum absolute atomic E-state index is 6.20. The van der Waals surface area contributed by atoms with E-state index in [1.165, 1.54) is 21.9 Å². The zero-order chi connectivity index (χ0) is 15.1. The quantitative estimate of drug-likeness (QED) is 0.579. The number of furan rings is 1. The van der Waals surface area contributed by atoms with Crippen molar-refractivity contribution in [2.75, 3.05) is 0 Å². The molecule has 1 aliphatic rings. The summed E-state index contributed by atoms with van der Waals surface area (Å²) in [5, 5.41) is 2.45. The zero-order valence-corrected chi connectivity index (χ0v) is 13.0. The fourth-order valence-corrected chi connectivity index (χ4v) is 3.45. The third-order valence-electron chi connectivity index (χ3n) is 4.88. The van der Waals surface area contributed by atoms with Crippen LogP contribution in [0.3, 0.4) is 0 Å². The summed E-state index contributed by atoms with van der Waals surface area (Å²) in [6.45, 7) is 4.48. The Balaban J connectivity index is 1.87. The van der Waals surface area contributed by atoms with Gasteiger partial charge in [-0.3, -0.25) is 0 Å². The van der Waals surface area contributed by atoms with Gasteiger partial charge in [0.25, 0.3) is 0 Å². The van der Waals surface area contributed by atoms with E-state index in [1.54, 1.807) is 0 Å². The lowest BCUT2D eigenvalue weighted by atomic mass is 9.83. The van der Waals surface area contributed by atoms with E-state index in [0.717, 1.165) is 17.6 Å². The molecule has 4 rings (SSSR count). The Morgan fingerprint density at radius 1 is 0.955 bits per heavy atom. The Morgan fingerprint density at radius 3 is 2.64 bits per heavy atom. The predicted octanol–water partition coefficient (Wildman–Crippen LogP) is 5.82. The molecule has 0 saturated heterocycles. The van der Waals surface area contributed by atoms with Gasteiger partial charge in [-0.1, -0.05) is 61.6 Å². The summed E-state index contributed by atoms with van der Waals surface area (Å²) in [6.07, 6.45) is 9.96. The Morgan fingerprint density at radius 2 is 1.77 bits per heavy atom. The summed E-state index contributed by atoms with van der Waals surface area (Å²) in [5.74, 6) is 1.12. The number of para-hydroxylation sites is 1. The van der Waals surface area contributed by atoms with Crippen molar-refractivity contribution >= 4 is 21.9 Å². The first-order chi connectivity index (χ1) is 10.7. The van der Waals surface area contributed by atoms with Crippen LogP contribution in [0, 0.1) is 18.8 Å². The first-order valence-corrected chi connectivity index (χ1v) is 7.99. The molecule has 1 nitrogen and oxygen atoms in total. The first-order valence-electron chi connectivity index (χ1n) is 7.99. The van der Waals surface area contributed by atoms with E-state index in [9.17, 15) is 0 Å². The van der Waals surface area contributed by atoms with Gasteiger partial charge in [0.05, 0.1) is 0 Å². The maximum atomic E-state index is 6.20. The van der Waals surface area contributed by atoms with Crippen molar-refractivity contribution in [3.8, 4) is 0 Å². The molecule has 0 amide bonds. The van der Waals surface area contributed by atoms with Gasteiger partial charge in [-0.25, -0.2) is 0 Å². The number of rotatable bonds is 2. The van der Waals surface area contributed by atoms with Crippen LogP contribution in [0.15, 0.2) is 65.1 Å². The molecule has 2 atom stereocenters. The minimum Gasteiger partial charge on any atom is -0.456 e. The third-order valence-corrected chi connectivity index (χ3v) is 4.88. The third kappa shape index (κ3) is 2.09. The van der Waals surface area contributed by atoms with E-state index in [0.29, 0.717) is 11.8 Å². The van der Waals surface area contributed by atoms with Crippen LogP contribution in [0.2, 0.25) is 0 Å². The summed E-state index contributed by atoms with van der Waals surface area (Å²) in [6, 6.07) is 12.7. The summed E-state index contributed by atoms with van der Waals surface area (Å²) in [4.78, 5) is 0. The van der Waals surface area contributed by atoms with Crippen molar-refractivity contribution < 1.29 is 4.42 Å². The van der Waals surface area contributed by atoms with Gasteiger partial charge in [0, 0.05) is 10.8 Å². The van der Waals surface area contributed by atoms with Gasteiger partial charge < -0.3 is 4.42 Å². The fraction of sp³-hybridized carbons (Fsp3) is 0.238. The second kappa shape index (κ2) is 5.17. The number of hydrogen-bond acceptors (Lipinski definition) is 1. The number of fused-ring (bicyclic) bond motifs is 3. The van der Waals surface area contributed by atoms with Crippen LogP contribution in [-0.2, 0) is 6.42 Å². The zero-order valence-electron chi connectivity index (χ0n) is 13.0. The molecule has 0 bridgehead atoms. The summed E-state index contributed by atoms with van der Waals surface area (Å²) >= 11 is 0. The molecule has 0 saturated carbocycles. The highest BCUT2D eigenvalue weighted by Crippen LogP contribution is 2.35. The Bertz CT molecular complexity index is 895. The topological polar surface area (TPSA) is 13.1 Å². The molecule has 0 radical (unpaired) electrons. The van der Waals surface area contributed by atoms with Gasteiger partial charge in [0.15, 0.2) is 0 Å². The van der Waals surface area contributed by atoms with Crippen molar-refractivity contribution in [3.63, 3.8) is 0 Å². The molecule has 0 fully saturated rings. The summed E-state index contributed by atoms with van der Waals surface area (Å²) in [5.41, 5.74) is 4.72. The van der Waals surface area contributed by atoms with E-state index in [4.69, 9.17) is 4.42 Å². The average Bonchev–Trinajstić information content (AvgIpc) is 2.91. The molecular formula is C21H20O. The smallest absolute Gasteiger partial charge is 0.138 e. The van der Waals surface area contributed by atoms with Gasteiger partial charge in [-0.15, -0.1) is 0 Å². The molecule has 22 heavy (non-hydrogen) atoms. The van der Waals surface area contributed by atoms with Gasteiger partial charge in [-0.05, 0) is 42.4 Å². The SMILES string of the molecule is Cc1ccc2c(oc3ccccc32)c1CC1C=CC=CC1C. The summed E-state index contributed by atoms with van der Waals surface area (Å²) < 4.78 is 6.20. The van der Waals surface area contributed by atoms with Crippen LogP contribution in [0.1, 0.15) is 18.1 Å². The molecule has 1 aromatic heterocycles.